The van der Waals surface area contributed by atoms with Crippen molar-refractivity contribution < 1.29 is 14.4 Å². The summed E-state index contributed by atoms with van der Waals surface area (Å²) in [7, 11) is 0. The highest BCUT2D eigenvalue weighted by Crippen LogP contribution is 2.21. The molecule has 3 rings (SSSR count). The lowest BCUT2D eigenvalue weighted by Gasteiger charge is -2.24. The number of likely N-dealkylation sites (tertiary alicyclic amines) is 1. The largest absolute Gasteiger partial charge is 0.324 e. The average molecular weight is 365 g/mol. The highest BCUT2D eigenvalue weighted by Gasteiger charge is 2.34. The molecule has 0 aliphatic carbocycles. The minimum absolute atomic E-state index is 0.0253. The summed E-state index contributed by atoms with van der Waals surface area (Å²) in [5.41, 5.74) is 2.97. The number of hydrogen-bond acceptors (Lipinski definition) is 3. The lowest BCUT2D eigenvalue weighted by Crippen LogP contribution is -2.45. The fourth-order valence-corrected chi connectivity index (χ4v) is 3.21. The number of carbonyl (C=O) groups excluding carboxylic acids is 3. The standard InChI is InChI=1S/C21H23N3O3/c1-14-5-3-6-18(13-14)23-21(27)24-12-4-7-19(24)20(26)22-17-10-8-16(9-11-17)15(2)25/h3,5-6,8-11,13,19H,4,7,12H2,1-2H3,(H,22,26)(H,23,27)/t19-/m0/s1. The van der Waals surface area contributed by atoms with Crippen LogP contribution in [0.5, 0.6) is 0 Å². The van der Waals surface area contributed by atoms with E-state index in [1.54, 1.807) is 29.2 Å². The van der Waals surface area contributed by atoms with Crippen molar-refractivity contribution in [2.45, 2.75) is 32.7 Å². The van der Waals surface area contributed by atoms with Gasteiger partial charge in [0.1, 0.15) is 6.04 Å². The highest BCUT2D eigenvalue weighted by atomic mass is 16.2. The molecule has 1 aliphatic heterocycles. The van der Waals surface area contributed by atoms with Gasteiger partial charge in [-0.05, 0) is 68.7 Å². The molecule has 140 valence electrons. The van der Waals surface area contributed by atoms with Gasteiger partial charge in [-0.25, -0.2) is 4.79 Å². The molecule has 1 saturated heterocycles. The SMILES string of the molecule is CC(=O)c1ccc(NC(=O)[C@@H]2CCCN2C(=O)Nc2cccc(C)c2)cc1. The molecule has 2 aromatic rings. The number of Topliss-reactive ketones (excluding diaryl/α,β-unsaturated/α-hetero) is 1. The minimum Gasteiger partial charge on any atom is -0.324 e. The van der Waals surface area contributed by atoms with E-state index >= 15 is 0 Å². The number of rotatable bonds is 4. The first-order valence-corrected chi connectivity index (χ1v) is 9.00. The number of nitrogens with zero attached hydrogens (tertiary/aromatic N) is 1. The topological polar surface area (TPSA) is 78.5 Å². The second-order valence-electron chi connectivity index (χ2n) is 6.77. The number of hydrogen-bond donors (Lipinski definition) is 2. The van der Waals surface area contributed by atoms with Crippen LogP contribution in [0, 0.1) is 6.92 Å². The number of nitrogens with one attached hydrogen (secondary N) is 2. The summed E-state index contributed by atoms with van der Waals surface area (Å²) in [4.78, 5) is 38.2. The normalized spacial score (nSPS) is 16.1. The van der Waals surface area contributed by atoms with Crippen molar-refractivity contribution in [3.05, 3.63) is 59.7 Å². The first kappa shape index (κ1) is 18.6. The molecule has 2 aromatic carbocycles. The second-order valence-corrected chi connectivity index (χ2v) is 6.77. The molecule has 0 unspecified atom stereocenters. The summed E-state index contributed by atoms with van der Waals surface area (Å²) in [6, 6.07) is 13.5. The monoisotopic (exact) mass is 365 g/mol. The number of aryl methyl sites for hydroxylation is 1. The molecule has 0 spiro atoms. The number of anilines is 2. The quantitative estimate of drug-likeness (QED) is 0.808. The Balaban J connectivity index is 1.65. The van der Waals surface area contributed by atoms with Gasteiger partial charge in [-0.1, -0.05) is 12.1 Å². The molecule has 1 fully saturated rings. The molecule has 2 N–H and O–H groups in total. The van der Waals surface area contributed by atoms with Gasteiger partial charge < -0.3 is 15.5 Å². The lowest BCUT2D eigenvalue weighted by atomic mass is 10.1. The van der Waals surface area contributed by atoms with Gasteiger partial charge in [0.25, 0.3) is 0 Å². The Morgan fingerprint density at radius 1 is 1.00 bits per heavy atom. The third kappa shape index (κ3) is 4.53. The van der Waals surface area contributed by atoms with E-state index in [9.17, 15) is 14.4 Å². The molecule has 27 heavy (non-hydrogen) atoms. The first-order chi connectivity index (χ1) is 12.9. The van der Waals surface area contributed by atoms with E-state index in [1.807, 2.05) is 31.2 Å². The predicted octanol–water partition coefficient (Wildman–Crippen LogP) is 3.83. The molecular formula is C21H23N3O3. The maximum atomic E-state index is 12.7. The number of urea groups is 1. The summed E-state index contributed by atoms with van der Waals surface area (Å²) in [5.74, 6) is -0.245. The molecular weight excluding hydrogens is 342 g/mol. The zero-order valence-corrected chi connectivity index (χ0v) is 15.5. The van der Waals surface area contributed by atoms with Crippen molar-refractivity contribution in [3.63, 3.8) is 0 Å². The van der Waals surface area contributed by atoms with Crippen LogP contribution in [0.15, 0.2) is 48.5 Å². The van der Waals surface area contributed by atoms with Crippen LogP contribution < -0.4 is 10.6 Å². The molecule has 3 amide bonds. The molecule has 0 bridgehead atoms. The Hall–Kier alpha value is -3.15. The van der Waals surface area contributed by atoms with Gasteiger partial charge >= 0.3 is 6.03 Å². The molecule has 1 atom stereocenters. The summed E-state index contributed by atoms with van der Waals surface area (Å²) in [6.07, 6.45) is 1.40. The van der Waals surface area contributed by atoms with Gasteiger partial charge in [-0.2, -0.15) is 0 Å². The molecule has 0 radical (unpaired) electrons. The van der Waals surface area contributed by atoms with Crippen LogP contribution in [0.3, 0.4) is 0 Å². The summed E-state index contributed by atoms with van der Waals surface area (Å²) in [5, 5.41) is 5.70. The molecule has 1 aliphatic rings. The molecule has 0 saturated carbocycles. The van der Waals surface area contributed by atoms with Crippen LogP contribution >= 0.6 is 0 Å². The van der Waals surface area contributed by atoms with Gasteiger partial charge in [-0.3, -0.25) is 9.59 Å². The smallest absolute Gasteiger partial charge is 0.322 e. The van der Waals surface area contributed by atoms with Crippen LogP contribution in [-0.4, -0.2) is 35.2 Å². The fraction of sp³-hybridized carbons (Fsp3) is 0.286. The van der Waals surface area contributed by atoms with Crippen LogP contribution in [-0.2, 0) is 4.79 Å². The van der Waals surface area contributed by atoms with Crippen LogP contribution in [0.25, 0.3) is 0 Å². The first-order valence-electron chi connectivity index (χ1n) is 9.00. The Labute approximate surface area is 158 Å². The van der Waals surface area contributed by atoms with Crippen molar-refractivity contribution in [2.24, 2.45) is 0 Å². The van der Waals surface area contributed by atoms with E-state index in [2.05, 4.69) is 10.6 Å². The highest BCUT2D eigenvalue weighted by molar-refractivity contribution is 6.00. The molecule has 6 heteroatoms. The summed E-state index contributed by atoms with van der Waals surface area (Å²) >= 11 is 0. The minimum atomic E-state index is -0.512. The maximum absolute atomic E-state index is 12.7. The summed E-state index contributed by atoms with van der Waals surface area (Å²) in [6.45, 7) is 4.00. The van der Waals surface area contributed by atoms with E-state index in [0.717, 1.165) is 12.0 Å². The van der Waals surface area contributed by atoms with Gasteiger partial charge in [-0.15, -0.1) is 0 Å². The average Bonchev–Trinajstić information content (AvgIpc) is 3.12. The summed E-state index contributed by atoms with van der Waals surface area (Å²) < 4.78 is 0. The van der Waals surface area contributed by atoms with Gasteiger partial charge in [0.2, 0.25) is 5.91 Å². The number of amides is 3. The van der Waals surface area contributed by atoms with Crippen molar-refractivity contribution in [1.29, 1.82) is 0 Å². The van der Waals surface area contributed by atoms with Crippen LogP contribution in [0.4, 0.5) is 16.2 Å². The second kappa shape index (κ2) is 8.03. The third-order valence-electron chi connectivity index (χ3n) is 4.64. The van der Waals surface area contributed by atoms with Gasteiger partial charge in [0, 0.05) is 23.5 Å². The van der Waals surface area contributed by atoms with Crippen molar-refractivity contribution in [1.82, 2.24) is 4.90 Å². The van der Waals surface area contributed by atoms with E-state index in [4.69, 9.17) is 0 Å². The number of carbonyl (C=O) groups is 3. The van der Waals surface area contributed by atoms with E-state index < -0.39 is 6.04 Å². The van der Waals surface area contributed by atoms with E-state index in [1.165, 1.54) is 6.92 Å². The van der Waals surface area contributed by atoms with Gasteiger partial charge in [0.15, 0.2) is 5.78 Å². The zero-order valence-electron chi connectivity index (χ0n) is 15.5. The van der Waals surface area contributed by atoms with Crippen LogP contribution in [0.1, 0.15) is 35.7 Å². The third-order valence-corrected chi connectivity index (χ3v) is 4.64. The van der Waals surface area contributed by atoms with Crippen molar-refractivity contribution in [2.75, 3.05) is 17.2 Å². The number of ketones is 1. The zero-order chi connectivity index (χ0) is 19.4. The Morgan fingerprint density at radius 2 is 1.74 bits per heavy atom. The van der Waals surface area contributed by atoms with Gasteiger partial charge in [0.05, 0.1) is 0 Å². The lowest BCUT2D eigenvalue weighted by molar-refractivity contribution is -0.119. The van der Waals surface area contributed by atoms with Crippen LogP contribution in [0.2, 0.25) is 0 Å². The number of benzene rings is 2. The van der Waals surface area contributed by atoms with E-state index in [-0.39, 0.29) is 17.7 Å². The Morgan fingerprint density at radius 3 is 2.41 bits per heavy atom. The predicted molar refractivity (Wildman–Crippen MR) is 105 cm³/mol. The molecule has 1 heterocycles. The van der Waals surface area contributed by atoms with Crippen molar-refractivity contribution >= 4 is 29.1 Å². The Bertz CT molecular complexity index is 861. The molecule has 0 aromatic heterocycles. The van der Waals surface area contributed by atoms with Crippen molar-refractivity contribution in [3.8, 4) is 0 Å². The maximum Gasteiger partial charge on any atom is 0.322 e. The molecule has 6 nitrogen and oxygen atoms in total. The Kier molecular flexibility index (Phi) is 5.54. The van der Waals surface area contributed by atoms with E-state index in [0.29, 0.717) is 29.9 Å². The fourth-order valence-electron chi connectivity index (χ4n) is 3.21.